The van der Waals surface area contributed by atoms with Crippen LogP contribution in [0.1, 0.15) is 33.4 Å². The number of anilines is 1. The summed E-state index contributed by atoms with van der Waals surface area (Å²) in [6.45, 7) is 10.1. The van der Waals surface area contributed by atoms with E-state index in [2.05, 4.69) is 24.1 Å². The Morgan fingerprint density at radius 3 is 2.33 bits per heavy atom. The van der Waals surface area contributed by atoms with Gasteiger partial charge in [0.2, 0.25) is 0 Å². The van der Waals surface area contributed by atoms with E-state index in [0.29, 0.717) is 6.04 Å². The lowest BCUT2D eigenvalue weighted by Crippen LogP contribution is -2.11. The summed E-state index contributed by atoms with van der Waals surface area (Å²) in [4.78, 5) is 4.33. The molecule has 1 aromatic rings. The normalized spacial score (nSPS) is 9.27. The quantitative estimate of drug-likeness (QED) is 0.831. The van der Waals surface area contributed by atoms with Crippen LogP contribution in [0, 0.1) is 6.92 Å². The SMILES string of the molecule is CC.COc1cc(C)nc(NC(C)C)c1. The molecule has 15 heavy (non-hydrogen) atoms. The molecule has 0 bridgehead atoms. The van der Waals surface area contributed by atoms with E-state index < -0.39 is 0 Å². The van der Waals surface area contributed by atoms with Crippen LogP contribution in [0.2, 0.25) is 0 Å². The van der Waals surface area contributed by atoms with Crippen LogP contribution in [0.5, 0.6) is 5.75 Å². The molecule has 86 valence electrons. The number of nitrogens with one attached hydrogen (secondary N) is 1. The fourth-order valence-corrected chi connectivity index (χ4v) is 1.12. The van der Waals surface area contributed by atoms with Gasteiger partial charge in [-0.25, -0.2) is 4.98 Å². The summed E-state index contributed by atoms with van der Waals surface area (Å²) in [7, 11) is 1.66. The van der Waals surface area contributed by atoms with Gasteiger partial charge in [-0.05, 0) is 20.8 Å². The Bertz CT molecular complexity index is 285. The fourth-order valence-electron chi connectivity index (χ4n) is 1.12. The summed E-state index contributed by atoms with van der Waals surface area (Å²) < 4.78 is 5.14. The van der Waals surface area contributed by atoms with Gasteiger partial charge in [-0.15, -0.1) is 0 Å². The van der Waals surface area contributed by atoms with Gasteiger partial charge in [-0.1, -0.05) is 13.8 Å². The first-order chi connectivity index (χ1) is 7.11. The molecule has 0 spiro atoms. The molecule has 0 atom stereocenters. The first kappa shape index (κ1) is 13.8. The van der Waals surface area contributed by atoms with E-state index in [1.165, 1.54) is 0 Å². The summed E-state index contributed by atoms with van der Waals surface area (Å²) in [5, 5.41) is 3.23. The van der Waals surface area contributed by atoms with E-state index in [1.807, 2.05) is 32.9 Å². The molecule has 0 aromatic carbocycles. The lowest BCUT2D eigenvalue weighted by molar-refractivity contribution is 0.414. The van der Waals surface area contributed by atoms with Crippen molar-refractivity contribution in [2.45, 2.75) is 40.7 Å². The molecule has 1 heterocycles. The van der Waals surface area contributed by atoms with Crippen molar-refractivity contribution < 1.29 is 4.74 Å². The van der Waals surface area contributed by atoms with Crippen molar-refractivity contribution in [1.29, 1.82) is 0 Å². The second-order valence-corrected chi connectivity index (χ2v) is 3.33. The maximum Gasteiger partial charge on any atom is 0.130 e. The first-order valence-electron chi connectivity index (χ1n) is 5.41. The Morgan fingerprint density at radius 1 is 1.27 bits per heavy atom. The maximum absolute atomic E-state index is 5.14. The Hall–Kier alpha value is -1.25. The van der Waals surface area contributed by atoms with Gasteiger partial charge in [0, 0.05) is 23.9 Å². The van der Waals surface area contributed by atoms with Gasteiger partial charge in [0.25, 0.3) is 0 Å². The van der Waals surface area contributed by atoms with Crippen molar-refractivity contribution in [3.05, 3.63) is 17.8 Å². The fraction of sp³-hybridized carbons (Fsp3) is 0.583. The third-order valence-corrected chi connectivity index (χ3v) is 1.60. The van der Waals surface area contributed by atoms with Crippen molar-refractivity contribution in [3.63, 3.8) is 0 Å². The average molecular weight is 210 g/mol. The van der Waals surface area contributed by atoms with Crippen molar-refractivity contribution >= 4 is 5.82 Å². The van der Waals surface area contributed by atoms with Gasteiger partial charge in [-0.3, -0.25) is 0 Å². The molecule has 3 nitrogen and oxygen atoms in total. The highest BCUT2D eigenvalue weighted by atomic mass is 16.5. The largest absolute Gasteiger partial charge is 0.497 e. The van der Waals surface area contributed by atoms with Crippen LogP contribution >= 0.6 is 0 Å². The van der Waals surface area contributed by atoms with Crippen molar-refractivity contribution in [2.24, 2.45) is 0 Å². The summed E-state index contributed by atoms with van der Waals surface area (Å²) in [5.74, 6) is 1.71. The molecule has 0 unspecified atom stereocenters. The van der Waals surface area contributed by atoms with Crippen molar-refractivity contribution in [1.82, 2.24) is 4.98 Å². The molecule has 1 aromatic heterocycles. The topological polar surface area (TPSA) is 34.1 Å². The molecule has 0 saturated carbocycles. The zero-order chi connectivity index (χ0) is 11.8. The predicted molar refractivity (Wildman–Crippen MR) is 65.6 cm³/mol. The van der Waals surface area contributed by atoms with E-state index in [0.717, 1.165) is 17.3 Å². The van der Waals surface area contributed by atoms with Gasteiger partial charge in [-0.2, -0.15) is 0 Å². The number of pyridine rings is 1. The monoisotopic (exact) mass is 210 g/mol. The smallest absolute Gasteiger partial charge is 0.130 e. The molecule has 3 heteroatoms. The van der Waals surface area contributed by atoms with E-state index in [-0.39, 0.29) is 0 Å². The van der Waals surface area contributed by atoms with Gasteiger partial charge >= 0.3 is 0 Å². The van der Waals surface area contributed by atoms with Gasteiger partial charge in [0.1, 0.15) is 11.6 Å². The third-order valence-electron chi connectivity index (χ3n) is 1.60. The highest BCUT2D eigenvalue weighted by Gasteiger charge is 2.00. The molecule has 0 aliphatic heterocycles. The summed E-state index contributed by atoms with van der Waals surface area (Å²) >= 11 is 0. The highest BCUT2D eigenvalue weighted by molar-refractivity contribution is 5.43. The first-order valence-corrected chi connectivity index (χ1v) is 5.41. The molecular formula is C12H22N2O. The number of ether oxygens (including phenoxy) is 1. The Balaban J connectivity index is 0.000000921. The second-order valence-electron chi connectivity index (χ2n) is 3.33. The molecule has 0 aliphatic carbocycles. The Kier molecular flexibility index (Phi) is 6.50. The second kappa shape index (κ2) is 7.10. The van der Waals surface area contributed by atoms with Crippen LogP contribution in [0.15, 0.2) is 12.1 Å². The molecule has 0 saturated heterocycles. The summed E-state index contributed by atoms with van der Waals surface area (Å²) in [5.41, 5.74) is 0.961. The predicted octanol–water partition coefficient (Wildman–Crippen LogP) is 3.25. The molecule has 1 rings (SSSR count). The van der Waals surface area contributed by atoms with Gasteiger partial charge < -0.3 is 10.1 Å². The van der Waals surface area contributed by atoms with Crippen LogP contribution in [0.3, 0.4) is 0 Å². The third kappa shape index (κ3) is 5.25. The number of hydrogen-bond acceptors (Lipinski definition) is 3. The average Bonchev–Trinajstić information content (AvgIpc) is 2.18. The number of nitrogens with zero attached hydrogens (tertiary/aromatic N) is 1. The number of aromatic nitrogens is 1. The number of methoxy groups -OCH3 is 1. The number of aryl methyl sites for hydroxylation is 1. The lowest BCUT2D eigenvalue weighted by Gasteiger charge is -2.10. The van der Waals surface area contributed by atoms with Crippen LogP contribution in [0.4, 0.5) is 5.82 Å². The molecule has 0 radical (unpaired) electrons. The standard InChI is InChI=1S/C10H16N2O.C2H6/c1-7(2)11-10-6-9(13-4)5-8(3)12-10;1-2/h5-7H,1-4H3,(H,11,12);1-2H3. The minimum atomic E-state index is 0.388. The zero-order valence-corrected chi connectivity index (χ0v) is 10.6. The van der Waals surface area contributed by atoms with Crippen molar-refractivity contribution in [2.75, 3.05) is 12.4 Å². The van der Waals surface area contributed by atoms with E-state index >= 15 is 0 Å². The van der Waals surface area contributed by atoms with Crippen LogP contribution in [0.25, 0.3) is 0 Å². The van der Waals surface area contributed by atoms with E-state index in [9.17, 15) is 0 Å². The molecule has 0 fully saturated rings. The Labute approximate surface area is 92.9 Å². The number of rotatable bonds is 3. The Morgan fingerprint density at radius 2 is 1.87 bits per heavy atom. The van der Waals surface area contributed by atoms with Gasteiger partial charge in [0.15, 0.2) is 0 Å². The summed E-state index contributed by atoms with van der Waals surface area (Å²) in [6, 6.07) is 4.19. The van der Waals surface area contributed by atoms with E-state index in [1.54, 1.807) is 7.11 Å². The minimum Gasteiger partial charge on any atom is -0.497 e. The minimum absolute atomic E-state index is 0.388. The molecule has 0 amide bonds. The molecular weight excluding hydrogens is 188 g/mol. The van der Waals surface area contributed by atoms with Crippen LogP contribution in [-0.2, 0) is 0 Å². The number of hydrogen-bond donors (Lipinski definition) is 1. The molecule has 1 N–H and O–H groups in total. The maximum atomic E-state index is 5.14. The molecule has 0 aliphatic rings. The van der Waals surface area contributed by atoms with Crippen LogP contribution in [-0.4, -0.2) is 18.1 Å². The van der Waals surface area contributed by atoms with Gasteiger partial charge in [0.05, 0.1) is 7.11 Å². The van der Waals surface area contributed by atoms with E-state index in [4.69, 9.17) is 4.74 Å². The van der Waals surface area contributed by atoms with Crippen molar-refractivity contribution in [3.8, 4) is 5.75 Å². The lowest BCUT2D eigenvalue weighted by atomic mass is 10.3. The highest BCUT2D eigenvalue weighted by Crippen LogP contribution is 2.17. The van der Waals surface area contributed by atoms with Crippen LogP contribution < -0.4 is 10.1 Å². The zero-order valence-electron chi connectivity index (χ0n) is 10.6. The summed E-state index contributed by atoms with van der Waals surface area (Å²) in [6.07, 6.45) is 0.